The van der Waals surface area contributed by atoms with Crippen LogP contribution >= 0.6 is 0 Å². The van der Waals surface area contributed by atoms with E-state index in [1.165, 1.54) is 7.11 Å². The summed E-state index contributed by atoms with van der Waals surface area (Å²) in [6.45, 7) is 3.82. The molecule has 2 aliphatic rings. The van der Waals surface area contributed by atoms with Crippen molar-refractivity contribution in [3.63, 3.8) is 0 Å². The summed E-state index contributed by atoms with van der Waals surface area (Å²) in [5.74, 6) is 0.213. The van der Waals surface area contributed by atoms with E-state index in [-0.39, 0.29) is 11.9 Å². The Morgan fingerprint density at radius 2 is 1.97 bits per heavy atom. The molecule has 182 valence electrons. The van der Waals surface area contributed by atoms with Crippen LogP contribution < -0.4 is 0 Å². The zero-order valence-electron chi connectivity index (χ0n) is 20.1. The van der Waals surface area contributed by atoms with Gasteiger partial charge in [0.15, 0.2) is 0 Å². The van der Waals surface area contributed by atoms with Gasteiger partial charge < -0.3 is 9.64 Å². The Labute approximate surface area is 205 Å². The number of benzene rings is 1. The van der Waals surface area contributed by atoms with E-state index in [0.717, 1.165) is 60.4 Å². The molecule has 8 heteroatoms. The van der Waals surface area contributed by atoms with Crippen molar-refractivity contribution < 1.29 is 14.3 Å². The Hall–Kier alpha value is -3.52. The number of fused-ring (bicyclic) bond motifs is 1. The average molecular weight is 474 g/mol. The van der Waals surface area contributed by atoms with Gasteiger partial charge in [0, 0.05) is 68.2 Å². The van der Waals surface area contributed by atoms with Gasteiger partial charge in [0.05, 0.1) is 18.4 Å². The van der Waals surface area contributed by atoms with Crippen molar-refractivity contribution in [2.45, 2.75) is 38.8 Å². The highest BCUT2D eigenvalue weighted by atomic mass is 16.5. The van der Waals surface area contributed by atoms with Gasteiger partial charge in [-0.15, -0.1) is 0 Å². The van der Waals surface area contributed by atoms with E-state index < -0.39 is 0 Å². The van der Waals surface area contributed by atoms with Crippen LogP contribution in [0.5, 0.6) is 0 Å². The second-order valence-corrected chi connectivity index (χ2v) is 9.43. The minimum Gasteiger partial charge on any atom is -0.465 e. The molecule has 2 aromatic heterocycles. The van der Waals surface area contributed by atoms with Gasteiger partial charge >= 0.3 is 5.97 Å². The standard InChI is InChI=1S/C27H31N5O3/c1-35-27(34)22-7-3-2-6-21(22)17-31-13-4-5-19(16-31)15-25(33)32-14-10-24-23(18-32)26(30-29-24)20-8-11-28-12-9-20/h2-3,6-9,11-12,19H,4-5,10,13-18H2,1H3,(H,29,30)/t19-/m0/s1. The lowest BCUT2D eigenvalue weighted by Crippen LogP contribution is -2.40. The van der Waals surface area contributed by atoms with Crippen LogP contribution in [0, 0.1) is 5.92 Å². The van der Waals surface area contributed by atoms with Crippen LogP contribution in [-0.4, -0.2) is 63.6 Å². The number of rotatable bonds is 6. The first kappa shape index (κ1) is 23.2. The number of hydrogen-bond acceptors (Lipinski definition) is 6. The van der Waals surface area contributed by atoms with Gasteiger partial charge in [-0.25, -0.2) is 4.79 Å². The lowest BCUT2D eigenvalue weighted by molar-refractivity contribution is -0.133. The van der Waals surface area contributed by atoms with Crippen molar-refractivity contribution in [1.82, 2.24) is 25.0 Å². The average Bonchev–Trinajstić information content (AvgIpc) is 3.33. The highest BCUT2D eigenvalue weighted by Crippen LogP contribution is 2.29. The molecule has 1 saturated heterocycles. The Morgan fingerprint density at radius 1 is 1.14 bits per heavy atom. The molecule has 8 nitrogen and oxygen atoms in total. The smallest absolute Gasteiger partial charge is 0.338 e. The van der Waals surface area contributed by atoms with Crippen LogP contribution in [0.2, 0.25) is 0 Å². The first-order valence-electron chi connectivity index (χ1n) is 12.2. The zero-order chi connectivity index (χ0) is 24.2. The van der Waals surface area contributed by atoms with Crippen molar-refractivity contribution >= 4 is 11.9 Å². The number of H-pyrrole nitrogens is 1. The van der Waals surface area contributed by atoms with Crippen molar-refractivity contribution in [3.8, 4) is 11.3 Å². The molecule has 0 radical (unpaired) electrons. The molecule has 1 fully saturated rings. The molecule has 0 spiro atoms. The Kier molecular flexibility index (Phi) is 6.90. The number of pyridine rings is 1. The first-order chi connectivity index (χ1) is 17.1. The molecule has 5 rings (SSSR count). The molecule has 1 N–H and O–H groups in total. The normalized spacial score (nSPS) is 18.2. The molecule has 2 aliphatic heterocycles. The highest BCUT2D eigenvalue weighted by Gasteiger charge is 2.29. The molecule has 0 saturated carbocycles. The van der Waals surface area contributed by atoms with Gasteiger partial charge in [0.1, 0.15) is 0 Å². The van der Waals surface area contributed by atoms with E-state index in [4.69, 9.17) is 4.74 Å². The van der Waals surface area contributed by atoms with E-state index >= 15 is 0 Å². The monoisotopic (exact) mass is 473 g/mol. The summed E-state index contributed by atoms with van der Waals surface area (Å²) in [6, 6.07) is 11.5. The summed E-state index contributed by atoms with van der Waals surface area (Å²) in [6.07, 6.45) is 6.97. The maximum Gasteiger partial charge on any atom is 0.338 e. The summed E-state index contributed by atoms with van der Waals surface area (Å²) in [5, 5.41) is 7.69. The topological polar surface area (TPSA) is 91.4 Å². The summed E-state index contributed by atoms with van der Waals surface area (Å²) >= 11 is 0. The molecule has 0 unspecified atom stereocenters. The Balaban J connectivity index is 1.21. The quantitative estimate of drug-likeness (QED) is 0.552. The molecular weight excluding hydrogens is 442 g/mol. The Morgan fingerprint density at radius 3 is 2.80 bits per heavy atom. The van der Waals surface area contributed by atoms with Gasteiger partial charge in [-0.3, -0.25) is 19.8 Å². The van der Waals surface area contributed by atoms with Gasteiger partial charge in [0.2, 0.25) is 5.91 Å². The number of amides is 1. The molecule has 0 aliphatic carbocycles. The molecule has 0 bridgehead atoms. The lowest BCUT2D eigenvalue weighted by atomic mass is 9.93. The minimum absolute atomic E-state index is 0.208. The molecular formula is C27H31N5O3. The highest BCUT2D eigenvalue weighted by molar-refractivity contribution is 5.90. The fourth-order valence-electron chi connectivity index (χ4n) is 5.30. The molecule has 1 aromatic carbocycles. The summed E-state index contributed by atoms with van der Waals surface area (Å²) in [4.78, 5) is 33.9. The Bertz CT molecular complexity index is 1190. The van der Waals surface area contributed by atoms with Gasteiger partial charge in [-0.1, -0.05) is 18.2 Å². The van der Waals surface area contributed by atoms with Crippen LogP contribution in [0.25, 0.3) is 11.3 Å². The third-order valence-corrected chi connectivity index (χ3v) is 7.12. The van der Waals surface area contributed by atoms with E-state index in [9.17, 15) is 9.59 Å². The lowest BCUT2D eigenvalue weighted by Gasteiger charge is -2.34. The number of carbonyl (C=O) groups is 2. The number of piperidine rings is 1. The van der Waals surface area contributed by atoms with E-state index in [0.29, 0.717) is 37.5 Å². The number of hydrogen-bond donors (Lipinski definition) is 1. The number of ether oxygens (including phenoxy) is 1. The van der Waals surface area contributed by atoms with Crippen LogP contribution in [0.3, 0.4) is 0 Å². The summed E-state index contributed by atoms with van der Waals surface area (Å²) in [5.41, 5.74) is 5.74. The molecule has 4 heterocycles. The number of aromatic amines is 1. The van der Waals surface area contributed by atoms with Crippen molar-refractivity contribution in [1.29, 1.82) is 0 Å². The van der Waals surface area contributed by atoms with Crippen LogP contribution in [0.1, 0.15) is 46.4 Å². The SMILES string of the molecule is COC(=O)c1ccccc1CN1CCC[C@@H](CC(=O)N2CCc3[nH]nc(-c4ccncc4)c3C2)C1. The first-order valence-corrected chi connectivity index (χ1v) is 12.2. The predicted octanol–water partition coefficient (Wildman–Crippen LogP) is 3.45. The van der Waals surface area contributed by atoms with Gasteiger partial charge in [0.25, 0.3) is 0 Å². The maximum absolute atomic E-state index is 13.3. The van der Waals surface area contributed by atoms with Crippen molar-refractivity contribution in [3.05, 3.63) is 71.2 Å². The number of esters is 1. The predicted molar refractivity (Wildman–Crippen MR) is 131 cm³/mol. The maximum atomic E-state index is 13.3. The largest absolute Gasteiger partial charge is 0.465 e. The molecule has 3 aromatic rings. The van der Waals surface area contributed by atoms with Crippen molar-refractivity contribution in [2.75, 3.05) is 26.7 Å². The number of nitrogens with one attached hydrogen (secondary N) is 1. The van der Waals surface area contributed by atoms with E-state index in [1.54, 1.807) is 12.4 Å². The third-order valence-electron chi connectivity index (χ3n) is 7.12. The molecule has 35 heavy (non-hydrogen) atoms. The second-order valence-electron chi connectivity index (χ2n) is 9.43. The fraction of sp³-hybridized carbons (Fsp3) is 0.407. The fourth-order valence-corrected chi connectivity index (χ4v) is 5.30. The zero-order valence-corrected chi connectivity index (χ0v) is 20.1. The number of methoxy groups -OCH3 is 1. The molecule has 1 amide bonds. The minimum atomic E-state index is -0.306. The molecule has 1 atom stereocenters. The van der Waals surface area contributed by atoms with Crippen LogP contribution in [-0.2, 0) is 29.0 Å². The van der Waals surface area contributed by atoms with Crippen LogP contribution in [0.4, 0.5) is 0 Å². The van der Waals surface area contributed by atoms with Gasteiger partial charge in [-0.05, 0) is 49.1 Å². The van der Waals surface area contributed by atoms with E-state index in [2.05, 4.69) is 20.1 Å². The van der Waals surface area contributed by atoms with E-state index in [1.807, 2.05) is 41.3 Å². The second kappa shape index (κ2) is 10.4. The summed E-state index contributed by atoms with van der Waals surface area (Å²) < 4.78 is 4.95. The number of carbonyl (C=O) groups excluding carboxylic acids is 2. The number of aromatic nitrogens is 3. The summed E-state index contributed by atoms with van der Waals surface area (Å²) in [7, 11) is 1.41. The van der Waals surface area contributed by atoms with Crippen LogP contribution in [0.15, 0.2) is 48.8 Å². The third kappa shape index (κ3) is 5.12. The number of likely N-dealkylation sites (tertiary alicyclic amines) is 1. The van der Waals surface area contributed by atoms with Crippen molar-refractivity contribution in [2.24, 2.45) is 5.92 Å². The number of nitrogens with zero attached hydrogens (tertiary/aromatic N) is 4. The van der Waals surface area contributed by atoms with Gasteiger partial charge in [-0.2, -0.15) is 5.10 Å².